The smallest absolute Gasteiger partial charge is 0.326 e. The molecule has 98 valence electrons. The number of carbonyl (C=O) groups is 3. The van der Waals surface area contributed by atoms with Crippen molar-refractivity contribution < 1.29 is 24.2 Å². The lowest BCUT2D eigenvalue weighted by Crippen LogP contribution is -2.43. The Bertz CT molecular complexity index is 429. The first-order valence-electron chi connectivity index (χ1n) is 5.14. The van der Waals surface area contributed by atoms with Crippen LogP contribution in [0.5, 0.6) is 0 Å². The highest BCUT2D eigenvalue weighted by Gasteiger charge is 2.23. The van der Waals surface area contributed by atoms with Crippen LogP contribution < -0.4 is 5.32 Å². The summed E-state index contributed by atoms with van der Waals surface area (Å²) in [6.45, 7) is 0. The van der Waals surface area contributed by atoms with Gasteiger partial charge in [0.05, 0.1) is 20.0 Å². The van der Waals surface area contributed by atoms with Crippen molar-refractivity contribution in [2.75, 3.05) is 7.11 Å². The number of aliphatic carboxylic acids is 1. The average molecular weight is 271 g/mol. The summed E-state index contributed by atoms with van der Waals surface area (Å²) >= 11 is 1.41. The number of rotatable bonds is 6. The van der Waals surface area contributed by atoms with E-state index in [1.165, 1.54) is 11.3 Å². The predicted molar refractivity (Wildman–Crippen MR) is 64.2 cm³/mol. The van der Waals surface area contributed by atoms with E-state index >= 15 is 0 Å². The lowest BCUT2D eigenvalue weighted by Gasteiger charge is -2.12. The molecule has 0 unspecified atom stereocenters. The fourth-order valence-corrected chi connectivity index (χ4v) is 1.97. The van der Waals surface area contributed by atoms with Crippen LogP contribution in [0.4, 0.5) is 0 Å². The molecule has 1 aromatic rings. The number of hydrogen-bond donors (Lipinski definition) is 2. The Kier molecular flexibility index (Phi) is 5.31. The molecule has 0 bridgehead atoms. The summed E-state index contributed by atoms with van der Waals surface area (Å²) in [5, 5.41) is 13.0. The van der Waals surface area contributed by atoms with E-state index in [9.17, 15) is 14.4 Å². The van der Waals surface area contributed by atoms with Crippen molar-refractivity contribution in [2.24, 2.45) is 0 Å². The Morgan fingerprint density at radius 3 is 2.72 bits per heavy atom. The third-order valence-electron chi connectivity index (χ3n) is 2.15. The molecular formula is C11H13NO5S. The summed E-state index contributed by atoms with van der Waals surface area (Å²) < 4.78 is 4.37. The van der Waals surface area contributed by atoms with Crippen LogP contribution in [0, 0.1) is 0 Å². The van der Waals surface area contributed by atoms with Crippen molar-refractivity contribution >= 4 is 29.2 Å². The van der Waals surface area contributed by atoms with E-state index in [1.807, 2.05) is 5.38 Å². The first-order valence-corrected chi connectivity index (χ1v) is 6.02. The largest absolute Gasteiger partial charge is 0.480 e. The van der Waals surface area contributed by atoms with Gasteiger partial charge >= 0.3 is 11.9 Å². The summed E-state index contributed by atoms with van der Waals surface area (Å²) in [5.41, 5.74) is 0. The predicted octanol–water partition coefficient (Wildman–Crippen LogP) is 0.423. The van der Waals surface area contributed by atoms with Gasteiger partial charge in [0.1, 0.15) is 6.04 Å². The zero-order valence-electron chi connectivity index (χ0n) is 9.71. The van der Waals surface area contributed by atoms with Crippen LogP contribution >= 0.6 is 11.3 Å². The highest BCUT2D eigenvalue weighted by Crippen LogP contribution is 2.09. The molecule has 0 saturated heterocycles. The maximum absolute atomic E-state index is 11.6. The van der Waals surface area contributed by atoms with Crippen molar-refractivity contribution in [3.8, 4) is 0 Å². The molecule has 1 rings (SSSR count). The SMILES string of the molecule is COC(=O)C[C@H](NC(=O)Cc1cccs1)C(=O)O. The molecule has 0 aliphatic rings. The van der Waals surface area contributed by atoms with Crippen LogP contribution in [0.3, 0.4) is 0 Å². The van der Waals surface area contributed by atoms with Crippen LogP contribution in [0.2, 0.25) is 0 Å². The third kappa shape index (κ3) is 4.54. The minimum absolute atomic E-state index is 0.0998. The van der Waals surface area contributed by atoms with E-state index in [2.05, 4.69) is 10.1 Å². The van der Waals surface area contributed by atoms with E-state index in [1.54, 1.807) is 12.1 Å². The maximum atomic E-state index is 11.6. The standard InChI is InChI=1S/C11H13NO5S/c1-17-10(14)6-8(11(15)16)12-9(13)5-7-3-2-4-18-7/h2-4,8H,5-6H2,1H3,(H,12,13)(H,15,16)/t8-/m0/s1. The Balaban J connectivity index is 2.52. The van der Waals surface area contributed by atoms with Gasteiger partial charge in [0.15, 0.2) is 0 Å². The molecule has 1 atom stereocenters. The van der Waals surface area contributed by atoms with Gasteiger partial charge in [-0.05, 0) is 11.4 Å². The number of carboxylic acid groups (broad SMARTS) is 1. The Morgan fingerprint density at radius 1 is 1.50 bits per heavy atom. The van der Waals surface area contributed by atoms with Gasteiger partial charge in [-0.25, -0.2) is 4.79 Å². The summed E-state index contributed by atoms with van der Waals surface area (Å²) in [7, 11) is 1.16. The van der Waals surface area contributed by atoms with Crippen molar-refractivity contribution in [2.45, 2.75) is 18.9 Å². The molecule has 7 heteroatoms. The number of amides is 1. The molecule has 18 heavy (non-hydrogen) atoms. The zero-order chi connectivity index (χ0) is 13.5. The monoisotopic (exact) mass is 271 g/mol. The van der Waals surface area contributed by atoms with E-state index in [0.717, 1.165) is 12.0 Å². The third-order valence-corrected chi connectivity index (χ3v) is 3.02. The van der Waals surface area contributed by atoms with Gasteiger partial charge < -0.3 is 15.2 Å². The Morgan fingerprint density at radius 2 is 2.22 bits per heavy atom. The topological polar surface area (TPSA) is 92.7 Å². The van der Waals surface area contributed by atoms with Gasteiger partial charge in [-0.1, -0.05) is 6.07 Å². The number of hydrogen-bond acceptors (Lipinski definition) is 5. The van der Waals surface area contributed by atoms with Crippen LogP contribution in [0.15, 0.2) is 17.5 Å². The highest BCUT2D eigenvalue weighted by molar-refractivity contribution is 7.10. The summed E-state index contributed by atoms with van der Waals surface area (Å²) in [5.74, 6) is -2.38. The van der Waals surface area contributed by atoms with Crippen molar-refractivity contribution in [1.29, 1.82) is 0 Å². The molecule has 1 aromatic heterocycles. The number of thiophene rings is 1. The minimum Gasteiger partial charge on any atom is -0.480 e. The zero-order valence-corrected chi connectivity index (χ0v) is 10.5. The number of nitrogens with one attached hydrogen (secondary N) is 1. The molecule has 2 N–H and O–H groups in total. The van der Waals surface area contributed by atoms with E-state index in [-0.39, 0.29) is 12.8 Å². The molecule has 1 heterocycles. The molecule has 1 amide bonds. The van der Waals surface area contributed by atoms with Crippen molar-refractivity contribution in [3.63, 3.8) is 0 Å². The van der Waals surface area contributed by atoms with Gasteiger partial charge in [-0.2, -0.15) is 0 Å². The van der Waals surface area contributed by atoms with Gasteiger partial charge in [0.2, 0.25) is 5.91 Å². The first kappa shape index (κ1) is 14.2. The van der Waals surface area contributed by atoms with E-state index in [4.69, 9.17) is 5.11 Å². The van der Waals surface area contributed by atoms with Gasteiger partial charge in [0.25, 0.3) is 0 Å². The molecule has 0 aliphatic carbocycles. The number of esters is 1. The molecule has 0 aliphatic heterocycles. The second-order valence-electron chi connectivity index (χ2n) is 3.49. The summed E-state index contributed by atoms with van der Waals surface area (Å²) in [6.07, 6.45) is -0.287. The van der Waals surface area contributed by atoms with Crippen molar-refractivity contribution in [3.05, 3.63) is 22.4 Å². The number of carboxylic acids is 1. The minimum atomic E-state index is -1.26. The fraction of sp³-hybridized carbons (Fsp3) is 0.364. The Hall–Kier alpha value is -1.89. The van der Waals surface area contributed by atoms with Gasteiger partial charge in [-0.15, -0.1) is 11.3 Å². The summed E-state index contributed by atoms with van der Waals surface area (Å²) in [4.78, 5) is 34.3. The van der Waals surface area contributed by atoms with Crippen LogP contribution in [0.25, 0.3) is 0 Å². The lowest BCUT2D eigenvalue weighted by atomic mass is 10.2. The average Bonchev–Trinajstić information content (AvgIpc) is 2.80. The normalized spacial score (nSPS) is 11.6. The molecular weight excluding hydrogens is 258 g/mol. The second kappa shape index (κ2) is 6.75. The van der Waals surface area contributed by atoms with Gasteiger partial charge in [-0.3, -0.25) is 9.59 Å². The van der Waals surface area contributed by atoms with Crippen LogP contribution in [0.1, 0.15) is 11.3 Å². The molecule has 6 nitrogen and oxygen atoms in total. The van der Waals surface area contributed by atoms with E-state index < -0.39 is 23.9 Å². The number of methoxy groups -OCH3 is 1. The first-order chi connectivity index (χ1) is 8.52. The number of carbonyl (C=O) groups excluding carboxylic acids is 2. The van der Waals surface area contributed by atoms with Crippen LogP contribution in [-0.2, 0) is 25.5 Å². The van der Waals surface area contributed by atoms with Crippen LogP contribution in [-0.4, -0.2) is 36.1 Å². The molecule has 0 radical (unpaired) electrons. The van der Waals surface area contributed by atoms with E-state index in [0.29, 0.717) is 0 Å². The number of ether oxygens (including phenoxy) is 1. The molecule has 0 spiro atoms. The maximum Gasteiger partial charge on any atom is 0.326 e. The fourth-order valence-electron chi connectivity index (χ4n) is 1.27. The van der Waals surface area contributed by atoms with Gasteiger partial charge in [0, 0.05) is 4.88 Å². The second-order valence-corrected chi connectivity index (χ2v) is 4.53. The van der Waals surface area contributed by atoms with Crippen molar-refractivity contribution in [1.82, 2.24) is 5.32 Å². The Labute approximate surface area is 108 Å². The molecule has 0 aromatic carbocycles. The summed E-state index contributed by atoms with van der Waals surface area (Å²) in [6, 6.07) is 2.32. The highest BCUT2D eigenvalue weighted by atomic mass is 32.1. The lowest BCUT2D eigenvalue weighted by molar-refractivity contribution is -0.148. The quantitative estimate of drug-likeness (QED) is 0.732. The molecule has 0 fully saturated rings. The molecule has 0 saturated carbocycles.